The Bertz CT molecular complexity index is 614. The third kappa shape index (κ3) is 4.66. The zero-order chi connectivity index (χ0) is 15.6. The lowest BCUT2D eigenvalue weighted by atomic mass is 9.99. The van der Waals surface area contributed by atoms with Gasteiger partial charge in [0.2, 0.25) is 15.9 Å². The lowest BCUT2D eigenvalue weighted by Crippen LogP contribution is -2.47. The quantitative estimate of drug-likeness (QED) is 0.770. The Balaban J connectivity index is 2.91. The molecule has 4 N–H and O–H groups in total. The Labute approximate surface area is 123 Å². The number of hydrogen-bond acceptors (Lipinski definition) is 4. The van der Waals surface area contributed by atoms with Crippen molar-refractivity contribution in [3.05, 3.63) is 23.2 Å². The maximum absolute atomic E-state index is 11.9. The van der Waals surface area contributed by atoms with Gasteiger partial charge in [0.1, 0.15) is 0 Å². The summed E-state index contributed by atoms with van der Waals surface area (Å²) in [5.74, 6) is -0.333. The molecule has 1 unspecified atom stereocenters. The van der Waals surface area contributed by atoms with Crippen molar-refractivity contribution in [3.63, 3.8) is 0 Å². The first kappa shape index (κ1) is 16.7. The Kier molecular flexibility index (Phi) is 5.01. The third-order valence-corrected chi connectivity index (χ3v) is 3.68. The van der Waals surface area contributed by atoms with Crippen molar-refractivity contribution in [2.45, 2.75) is 25.8 Å². The molecule has 0 aromatic heterocycles. The number of sulfonamides is 1. The molecule has 0 heterocycles. The molecule has 1 rings (SSSR count). The van der Waals surface area contributed by atoms with E-state index in [1.165, 1.54) is 12.1 Å². The van der Waals surface area contributed by atoms with Crippen molar-refractivity contribution < 1.29 is 13.2 Å². The molecule has 0 aliphatic rings. The summed E-state index contributed by atoms with van der Waals surface area (Å²) in [6.07, 6.45) is 1.51. The second-order valence-electron chi connectivity index (χ2n) is 4.79. The van der Waals surface area contributed by atoms with Crippen LogP contribution in [-0.4, -0.2) is 26.1 Å². The van der Waals surface area contributed by atoms with Crippen LogP contribution in [0.5, 0.6) is 0 Å². The summed E-state index contributed by atoms with van der Waals surface area (Å²) < 4.78 is 24.5. The summed E-state index contributed by atoms with van der Waals surface area (Å²) in [5, 5.41) is 2.82. The summed E-state index contributed by atoms with van der Waals surface area (Å²) >= 11 is 5.96. The Morgan fingerprint density at radius 2 is 2.05 bits per heavy atom. The van der Waals surface area contributed by atoms with Crippen molar-refractivity contribution in [1.82, 2.24) is 0 Å². The number of nitrogens with one attached hydrogen (secondary N) is 2. The summed E-state index contributed by atoms with van der Waals surface area (Å²) in [6.45, 7) is 3.44. The molecule has 0 radical (unpaired) electrons. The van der Waals surface area contributed by atoms with Crippen LogP contribution in [-0.2, 0) is 14.8 Å². The fourth-order valence-corrected chi connectivity index (χ4v) is 2.17. The maximum Gasteiger partial charge on any atom is 0.244 e. The number of anilines is 2. The van der Waals surface area contributed by atoms with Gasteiger partial charge in [-0.05, 0) is 31.5 Å². The van der Waals surface area contributed by atoms with E-state index in [1.54, 1.807) is 13.0 Å². The van der Waals surface area contributed by atoms with Crippen LogP contribution in [0.3, 0.4) is 0 Å². The fourth-order valence-electron chi connectivity index (χ4n) is 1.31. The number of halogens is 1. The average molecular weight is 320 g/mol. The SMILES string of the molecule is CCC(C)(N)C(=O)Nc1ccc(NS(C)(=O)=O)c(Cl)c1. The minimum Gasteiger partial charge on any atom is -0.324 e. The van der Waals surface area contributed by atoms with E-state index in [-0.39, 0.29) is 16.6 Å². The van der Waals surface area contributed by atoms with Crippen LogP contribution in [0.4, 0.5) is 11.4 Å². The van der Waals surface area contributed by atoms with Crippen LogP contribution in [0, 0.1) is 0 Å². The molecule has 112 valence electrons. The van der Waals surface area contributed by atoms with Crippen LogP contribution in [0.1, 0.15) is 20.3 Å². The fraction of sp³-hybridized carbons (Fsp3) is 0.417. The molecule has 0 aliphatic heterocycles. The van der Waals surface area contributed by atoms with Gasteiger partial charge in [-0.2, -0.15) is 0 Å². The van der Waals surface area contributed by atoms with Gasteiger partial charge in [0.25, 0.3) is 0 Å². The van der Waals surface area contributed by atoms with E-state index in [0.717, 1.165) is 6.26 Å². The molecule has 0 fully saturated rings. The topological polar surface area (TPSA) is 101 Å². The van der Waals surface area contributed by atoms with E-state index in [2.05, 4.69) is 10.0 Å². The van der Waals surface area contributed by atoms with Gasteiger partial charge in [0.15, 0.2) is 0 Å². The summed E-state index contributed by atoms with van der Waals surface area (Å²) in [5.41, 5.74) is 5.54. The smallest absolute Gasteiger partial charge is 0.244 e. The van der Waals surface area contributed by atoms with E-state index >= 15 is 0 Å². The van der Waals surface area contributed by atoms with Crippen LogP contribution >= 0.6 is 11.6 Å². The van der Waals surface area contributed by atoms with Gasteiger partial charge in [0.05, 0.1) is 22.5 Å². The zero-order valence-electron chi connectivity index (χ0n) is 11.5. The number of benzene rings is 1. The molecule has 0 spiro atoms. The maximum atomic E-state index is 11.9. The molecule has 1 aromatic rings. The predicted octanol–water partition coefficient (Wildman–Crippen LogP) is 1.78. The molecule has 0 aliphatic carbocycles. The van der Waals surface area contributed by atoms with Crippen molar-refractivity contribution in [2.24, 2.45) is 5.73 Å². The van der Waals surface area contributed by atoms with Gasteiger partial charge in [-0.3, -0.25) is 9.52 Å². The number of hydrogen-bond donors (Lipinski definition) is 3. The summed E-state index contributed by atoms with van der Waals surface area (Å²) in [6, 6.07) is 4.47. The first-order valence-electron chi connectivity index (χ1n) is 5.93. The van der Waals surface area contributed by atoms with E-state index in [4.69, 9.17) is 17.3 Å². The highest BCUT2D eigenvalue weighted by Gasteiger charge is 2.26. The number of rotatable bonds is 5. The average Bonchev–Trinajstić information content (AvgIpc) is 2.31. The van der Waals surface area contributed by atoms with Crippen molar-refractivity contribution >= 4 is 38.9 Å². The summed E-state index contributed by atoms with van der Waals surface area (Å²) in [4.78, 5) is 11.9. The number of amides is 1. The number of carbonyl (C=O) groups is 1. The highest BCUT2D eigenvalue weighted by atomic mass is 35.5. The Morgan fingerprint density at radius 1 is 1.45 bits per heavy atom. The van der Waals surface area contributed by atoms with Crippen LogP contribution < -0.4 is 15.8 Å². The molecule has 20 heavy (non-hydrogen) atoms. The normalized spacial score (nSPS) is 14.4. The first-order chi connectivity index (χ1) is 9.05. The Hall–Kier alpha value is -1.31. The molecular formula is C12H18ClN3O3S. The molecule has 0 saturated carbocycles. The van der Waals surface area contributed by atoms with Crippen molar-refractivity contribution in [1.29, 1.82) is 0 Å². The minimum absolute atomic E-state index is 0.184. The van der Waals surface area contributed by atoms with E-state index in [1.807, 2.05) is 6.92 Å². The van der Waals surface area contributed by atoms with Crippen molar-refractivity contribution in [2.75, 3.05) is 16.3 Å². The van der Waals surface area contributed by atoms with E-state index in [9.17, 15) is 13.2 Å². The highest BCUT2D eigenvalue weighted by Crippen LogP contribution is 2.26. The van der Waals surface area contributed by atoms with Gasteiger partial charge in [-0.1, -0.05) is 18.5 Å². The second kappa shape index (κ2) is 5.99. The largest absolute Gasteiger partial charge is 0.324 e. The van der Waals surface area contributed by atoms with Gasteiger partial charge in [0, 0.05) is 5.69 Å². The molecule has 0 bridgehead atoms. The predicted molar refractivity (Wildman–Crippen MR) is 81.4 cm³/mol. The highest BCUT2D eigenvalue weighted by molar-refractivity contribution is 7.92. The standard InChI is InChI=1S/C12H18ClN3O3S/c1-4-12(2,14)11(17)15-8-5-6-10(9(13)7-8)16-20(3,18)19/h5-7,16H,4,14H2,1-3H3,(H,15,17). The van der Waals surface area contributed by atoms with Crippen LogP contribution in [0.15, 0.2) is 18.2 Å². The van der Waals surface area contributed by atoms with Gasteiger partial charge in [-0.25, -0.2) is 8.42 Å². The summed E-state index contributed by atoms with van der Waals surface area (Å²) in [7, 11) is -3.40. The monoisotopic (exact) mass is 319 g/mol. The van der Waals surface area contributed by atoms with Gasteiger partial charge >= 0.3 is 0 Å². The minimum atomic E-state index is -3.40. The Morgan fingerprint density at radius 3 is 2.50 bits per heavy atom. The molecule has 1 amide bonds. The molecule has 6 nitrogen and oxygen atoms in total. The lowest BCUT2D eigenvalue weighted by molar-refractivity contribution is -0.120. The van der Waals surface area contributed by atoms with Gasteiger partial charge in [-0.15, -0.1) is 0 Å². The molecular weight excluding hydrogens is 302 g/mol. The van der Waals surface area contributed by atoms with Crippen molar-refractivity contribution in [3.8, 4) is 0 Å². The van der Waals surface area contributed by atoms with Crippen LogP contribution in [0.25, 0.3) is 0 Å². The molecule has 1 aromatic carbocycles. The number of carbonyl (C=O) groups excluding carboxylic acids is 1. The number of nitrogens with two attached hydrogens (primary N) is 1. The molecule has 1 atom stereocenters. The lowest BCUT2D eigenvalue weighted by Gasteiger charge is -2.21. The molecule has 8 heteroatoms. The van der Waals surface area contributed by atoms with E-state index in [0.29, 0.717) is 12.1 Å². The zero-order valence-corrected chi connectivity index (χ0v) is 13.1. The second-order valence-corrected chi connectivity index (χ2v) is 6.95. The third-order valence-electron chi connectivity index (χ3n) is 2.78. The first-order valence-corrected chi connectivity index (χ1v) is 8.20. The van der Waals surface area contributed by atoms with E-state index < -0.39 is 15.6 Å². The molecule has 0 saturated heterocycles. The van der Waals surface area contributed by atoms with Gasteiger partial charge < -0.3 is 11.1 Å². The van der Waals surface area contributed by atoms with Crippen LogP contribution in [0.2, 0.25) is 5.02 Å².